The average Bonchev–Trinajstić information content (AvgIpc) is 2.27. The van der Waals surface area contributed by atoms with Gasteiger partial charge in [0, 0.05) is 4.47 Å². The van der Waals surface area contributed by atoms with Gasteiger partial charge in [-0.25, -0.2) is 4.79 Å². The molecule has 0 fully saturated rings. The molecule has 0 heterocycles. The van der Waals surface area contributed by atoms with Gasteiger partial charge in [0.05, 0.1) is 7.11 Å². The number of rotatable bonds is 4. The fourth-order valence-electron chi connectivity index (χ4n) is 1.05. The number of ether oxygens (including phenoxy) is 2. The topological polar surface area (TPSA) is 52.6 Å². The van der Waals surface area contributed by atoms with Gasteiger partial charge in [-0.05, 0) is 31.2 Å². The first-order chi connectivity index (χ1) is 7.54. The summed E-state index contributed by atoms with van der Waals surface area (Å²) in [4.78, 5) is 22.4. The van der Waals surface area contributed by atoms with Gasteiger partial charge in [-0.2, -0.15) is 0 Å². The van der Waals surface area contributed by atoms with Crippen LogP contribution in [0.3, 0.4) is 0 Å². The fourth-order valence-corrected chi connectivity index (χ4v) is 1.32. The summed E-state index contributed by atoms with van der Waals surface area (Å²) in [5.41, 5.74) is 0. The molecule has 0 radical (unpaired) electrons. The van der Waals surface area contributed by atoms with E-state index in [-0.39, 0.29) is 0 Å². The summed E-state index contributed by atoms with van der Waals surface area (Å²) in [6.07, 6.45) is -1.20. The lowest BCUT2D eigenvalue weighted by molar-refractivity contribution is -0.152. The van der Waals surface area contributed by atoms with E-state index in [2.05, 4.69) is 20.7 Å². The number of benzene rings is 1. The zero-order valence-corrected chi connectivity index (χ0v) is 10.5. The van der Waals surface area contributed by atoms with Gasteiger partial charge in [-0.3, -0.25) is 4.79 Å². The van der Waals surface area contributed by atoms with Crippen LogP contribution in [0.2, 0.25) is 0 Å². The van der Waals surface area contributed by atoms with Crippen LogP contribution in [0.4, 0.5) is 0 Å². The molecule has 0 bridgehead atoms. The maximum Gasteiger partial charge on any atom is 0.354 e. The molecule has 86 valence electrons. The molecular formula is C11H11BrO4. The van der Waals surface area contributed by atoms with Crippen LogP contribution in [0.1, 0.15) is 6.92 Å². The lowest BCUT2D eigenvalue weighted by atomic mass is 10.2. The number of esters is 1. The first kappa shape index (κ1) is 12.7. The molecule has 0 aromatic heterocycles. The van der Waals surface area contributed by atoms with E-state index in [9.17, 15) is 9.59 Å². The number of ketones is 1. The first-order valence-electron chi connectivity index (χ1n) is 4.55. The summed E-state index contributed by atoms with van der Waals surface area (Å²) >= 11 is 3.27. The van der Waals surface area contributed by atoms with E-state index >= 15 is 0 Å². The molecule has 4 nitrogen and oxygen atoms in total. The van der Waals surface area contributed by atoms with Crippen molar-refractivity contribution in [3.05, 3.63) is 28.7 Å². The minimum atomic E-state index is -1.20. The minimum absolute atomic E-state index is 0.394. The molecule has 0 aliphatic heterocycles. The van der Waals surface area contributed by atoms with Crippen molar-refractivity contribution < 1.29 is 19.1 Å². The second-order valence-electron chi connectivity index (χ2n) is 3.09. The van der Waals surface area contributed by atoms with Crippen molar-refractivity contribution in [2.24, 2.45) is 0 Å². The van der Waals surface area contributed by atoms with Crippen molar-refractivity contribution in [2.75, 3.05) is 7.11 Å². The van der Waals surface area contributed by atoms with Crippen LogP contribution in [0.25, 0.3) is 0 Å². The fraction of sp³-hybridized carbons (Fsp3) is 0.273. The first-order valence-corrected chi connectivity index (χ1v) is 5.34. The number of hydrogen-bond acceptors (Lipinski definition) is 4. The highest BCUT2D eigenvalue weighted by Crippen LogP contribution is 2.17. The molecule has 1 aromatic rings. The average molecular weight is 287 g/mol. The van der Waals surface area contributed by atoms with Crippen molar-refractivity contribution in [1.29, 1.82) is 0 Å². The zero-order valence-electron chi connectivity index (χ0n) is 8.90. The number of hydrogen-bond donors (Lipinski definition) is 0. The maximum absolute atomic E-state index is 11.2. The molecule has 0 spiro atoms. The van der Waals surface area contributed by atoms with Crippen LogP contribution in [-0.2, 0) is 14.3 Å². The van der Waals surface area contributed by atoms with E-state index in [4.69, 9.17) is 4.74 Å². The van der Waals surface area contributed by atoms with Crippen LogP contribution in [-0.4, -0.2) is 25.0 Å². The lowest BCUT2D eigenvalue weighted by Gasteiger charge is -2.13. The van der Waals surface area contributed by atoms with E-state index in [0.717, 1.165) is 4.47 Å². The SMILES string of the molecule is COC(=O)C(Oc1ccc(Br)cc1)C(C)=O. The Morgan fingerprint density at radius 1 is 1.25 bits per heavy atom. The van der Waals surface area contributed by atoms with Gasteiger partial charge >= 0.3 is 5.97 Å². The van der Waals surface area contributed by atoms with Gasteiger partial charge in [0.25, 0.3) is 6.10 Å². The summed E-state index contributed by atoms with van der Waals surface area (Å²) < 4.78 is 10.6. The molecule has 1 rings (SSSR count). The predicted octanol–water partition coefficient (Wildman–Crippen LogP) is 1.96. The molecule has 0 aliphatic rings. The van der Waals surface area contributed by atoms with Crippen molar-refractivity contribution in [2.45, 2.75) is 13.0 Å². The Balaban J connectivity index is 2.80. The summed E-state index contributed by atoms with van der Waals surface area (Å²) in [6.45, 7) is 1.28. The molecular weight excluding hydrogens is 276 g/mol. The Kier molecular flexibility index (Phi) is 4.49. The van der Waals surface area contributed by atoms with Crippen molar-refractivity contribution in [3.8, 4) is 5.75 Å². The summed E-state index contributed by atoms with van der Waals surface area (Å²) in [5, 5.41) is 0. The van der Waals surface area contributed by atoms with E-state index in [1.54, 1.807) is 24.3 Å². The Morgan fingerprint density at radius 2 is 1.81 bits per heavy atom. The molecule has 5 heteroatoms. The second kappa shape index (κ2) is 5.65. The quantitative estimate of drug-likeness (QED) is 0.627. The number of methoxy groups -OCH3 is 1. The lowest BCUT2D eigenvalue weighted by Crippen LogP contribution is -2.35. The Bertz CT molecular complexity index is 385. The molecule has 0 aliphatic carbocycles. The van der Waals surface area contributed by atoms with Crippen molar-refractivity contribution in [1.82, 2.24) is 0 Å². The molecule has 1 atom stereocenters. The van der Waals surface area contributed by atoms with Crippen LogP contribution < -0.4 is 4.74 Å². The van der Waals surface area contributed by atoms with Gasteiger partial charge in [-0.1, -0.05) is 15.9 Å². The van der Waals surface area contributed by atoms with E-state index < -0.39 is 17.9 Å². The van der Waals surface area contributed by atoms with E-state index in [0.29, 0.717) is 5.75 Å². The van der Waals surface area contributed by atoms with Crippen LogP contribution in [0, 0.1) is 0 Å². The number of Topliss-reactive ketones (excluding diaryl/α,β-unsaturated/α-hetero) is 1. The summed E-state index contributed by atoms with van der Waals surface area (Å²) in [7, 11) is 1.21. The van der Waals surface area contributed by atoms with Crippen molar-refractivity contribution >= 4 is 27.7 Å². The van der Waals surface area contributed by atoms with Crippen LogP contribution >= 0.6 is 15.9 Å². The monoisotopic (exact) mass is 286 g/mol. The third-order valence-corrected chi connectivity index (χ3v) is 2.38. The Labute approximate surface area is 102 Å². The number of carbonyl (C=O) groups is 2. The molecule has 0 N–H and O–H groups in total. The van der Waals surface area contributed by atoms with Gasteiger partial charge in [-0.15, -0.1) is 0 Å². The highest BCUT2D eigenvalue weighted by Gasteiger charge is 2.26. The highest BCUT2D eigenvalue weighted by atomic mass is 79.9. The van der Waals surface area contributed by atoms with Crippen molar-refractivity contribution in [3.63, 3.8) is 0 Å². The van der Waals surface area contributed by atoms with Gasteiger partial charge in [0.1, 0.15) is 5.75 Å². The third kappa shape index (κ3) is 3.34. The molecule has 1 unspecified atom stereocenters. The molecule has 0 amide bonds. The van der Waals surface area contributed by atoms with Crippen LogP contribution in [0.5, 0.6) is 5.75 Å². The smallest absolute Gasteiger partial charge is 0.354 e. The van der Waals surface area contributed by atoms with E-state index in [1.165, 1.54) is 14.0 Å². The Morgan fingerprint density at radius 3 is 2.25 bits per heavy atom. The second-order valence-corrected chi connectivity index (χ2v) is 4.00. The third-order valence-electron chi connectivity index (χ3n) is 1.85. The summed E-state index contributed by atoms with van der Waals surface area (Å²) in [5.74, 6) is -0.654. The number of halogens is 1. The molecule has 0 saturated heterocycles. The molecule has 0 saturated carbocycles. The van der Waals surface area contributed by atoms with Gasteiger partial charge in [0.2, 0.25) is 0 Å². The van der Waals surface area contributed by atoms with Gasteiger partial charge < -0.3 is 9.47 Å². The molecule has 16 heavy (non-hydrogen) atoms. The predicted molar refractivity (Wildman–Crippen MR) is 61.3 cm³/mol. The largest absolute Gasteiger partial charge is 0.471 e. The molecule has 1 aromatic carbocycles. The zero-order chi connectivity index (χ0) is 12.1. The highest BCUT2D eigenvalue weighted by molar-refractivity contribution is 9.10. The van der Waals surface area contributed by atoms with Gasteiger partial charge in [0.15, 0.2) is 5.78 Å². The normalized spacial score (nSPS) is 11.7. The van der Waals surface area contributed by atoms with Crippen LogP contribution in [0.15, 0.2) is 28.7 Å². The summed E-state index contributed by atoms with van der Waals surface area (Å²) in [6, 6.07) is 6.82. The minimum Gasteiger partial charge on any atom is -0.471 e. The maximum atomic E-state index is 11.2. The number of carbonyl (C=O) groups excluding carboxylic acids is 2. The van der Waals surface area contributed by atoms with E-state index in [1.807, 2.05) is 0 Å². The standard InChI is InChI=1S/C11H11BrO4/c1-7(13)10(11(14)15-2)16-9-5-3-8(12)4-6-9/h3-6,10H,1-2H3. The Hall–Kier alpha value is -1.36.